The highest BCUT2D eigenvalue weighted by atomic mass is 35.5. The second kappa shape index (κ2) is 7.41. The maximum absolute atomic E-state index is 11.0. The molecule has 0 atom stereocenters. The molecule has 0 unspecified atom stereocenters. The molecule has 0 saturated heterocycles. The molecule has 0 aliphatic heterocycles. The Morgan fingerprint density at radius 2 is 2.32 bits per heavy atom. The van der Waals surface area contributed by atoms with Gasteiger partial charge in [0.1, 0.15) is 0 Å². The molecular formula is C13H14ClN5O3. The van der Waals surface area contributed by atoms with Gasteiger partial charge in [-0.3, -0.25) is 5.43 Å². The first-order valence-corrected chi connectivity index (χ1v) is 6.73. The number of anilines is 1. The largest absolute Gasteiger partial charge is 0.491 e. The fraction of sp³-hybridized carbons (Fsp3) is 0.231. The molecule has 2 N–H and O–H groups in total. The summed E-state index contributed by atoms with van der Waals surface area (Å²) in [5, 5.41) is 10.1. The molecule has 0 fully saturated rings. The molecule has 0 aliphatic carbocycles. The van der Waals surface area contributed by atoms with Crippen LogP contribution in [0.3, 0.4) is 0 Å². The van der Waals surface area contributed by atoms with E-state index in [0.29, 0.717) is 28.7 Å². The first-order valence-electron chi connectivity index (χ1n) is 6.35. The molecule has 0 bridgehead atoms. The van der Waals surface area contributed by atoms with E-state index in [1.54, 1.807) is 12.1 Å². The van der Waals surface area contributed by atoms with Crippen LogP contribution in [0.5, 0.6) is 11.5 Å². The number of nitrogens with one attached hydrogen (secondary N) is 2. The first kappa shape index (κ1) is 15.8. The molecular weight excluding hydrogens is 310 g/mol. The summed E-state index contributed by atoms with van der Waals surface area (Å²) >= 11 is 6.13. The van der Waals surface area contributed by atoms with Gasteiger partial charge >= 0.3 is 5.69 Å². The lowest BCUT2D eigenvalue weighted by atomic mass is 10.2. The number of hydrazone groups is 1. The van der Waals surface area contributed by atoms with Gasteiger partial charge < -0.3 is 9.47 Å². The number of aromatic amines is 1. The highest BCUT2D eigenvalue weighted by Crippen LogP contribution is 2.35. The van der Waals surface area contributed by atoms with Crippen molar-refractivity contribution in [1.29, 1.82) is 0 Å². The Kier molecular flexibility index (Phi) is 5.31. The van der Waals surface area contributed by atoms with E-state index in [4.69, 9.17) is 21.1 Å². The SMILES string of the molecule is CCOc1cc(/C=N/Nc2cn[nH]c(=O)n2)cc(Cl)c1OC. The van der Waals surface area contributed by atoms with Crippen LogP contribution in [-0.2, 0) is 0 Å². The standard InChI is InChI=1S/C13H14ClN5O3/c1-3-22-10-5-8(4-9(14)12(10)21-2)6-15-18-11-7-16-19-13(20)17-11/h4-7H,3H2,1-2H3,(H2,17,18,19,20)/b15-6+. The second-order valence-electron chi connectivity index (χ2n) is 4.01. The van der Waals surface area contributed by atoms with Gasteiger partial charge in [-0.2, -0.15) is 15.2 Å². The topological polar surface area (TPSA) is 101 Å². The Balaban J connectivity index is 2.18. The van der Waals surface area contributed by atoms with E-state index < -0.39 is 5.69 Å². The number of hydrogen-bond donors (Lipinski definition) is 2. The molecule has 9 heteroatoms. The van der Waals surface area contributed by atoms with Crippen LogP contribution in [-0.4, -0.2) is 35.1 Å². The minimum atomic E-state index is -0.564. The fourth-order valence-corrected chi connectivity index (χ4v) is 1.96. The number of rotatable bonds is 6. The Hall–Kier alpha value is -2.61. The third-order valence-corrected chi connectivity index (χ3v) is 2.78. The number of hydrogen-bond acceptors (Lipinski definition) is 7. The third kappa shape index (κ3) is 3.95. The highest BCUT2D eigenvalue weighted by Gasteiger charge is 2.10. The Morgan fingerprint density at radius 3 is 3.00 bits per heavy atom. The molecule has 0 amide bonds. The normalized spacial score (nSPS) is 10.7. The fourth-order valence-electron chi connectivity index (χ4n) is 1.66. The van der Waals surface area contributed by atoms with E-state index in [1.165, 1.54) is 19.5 Å². The summed E-state index contributed by atoms with van der Waals surface area (Å²) in [6, 6.07) is 3.42. The van der Waals surface area contributed by atoms with E-state index in [1.807, 2.05) is 6.92 Å². The van der Waals surface area contributed by atoms with Crippen molar-refractivity contribution in [2.24, 2.45) is 5.10 Å². The Bertz CT molecular complexity index is 732. The van der Waals surface area contributed by atoms with Crippen molar-refractivity contribution in [1.82, 2.24) is 15.2 Å². The molecule has 1 heterocycles. The zero-order valence-corrected chi connectivity index (χ0v) is 12.7. The van der Waals surface area contributed by atoms with E-state index in [2.05, 4.69) is 25.7 Å². The smallest absolute Gasteiger partial charge is 0.363 e. The molecule has 0 saturated carbocycles. The van der Waals surface area contributed by atoms with Crippen molar-refractivity contribution in [3.8, 4) is 11.5 Å². The predicted molar refractivity (Wildman–Crippen MR) is 83.0 cm³/mol. The van der Waals surface area contributed by atoms with E-state index >= 15 is 0 Å². The Labute approximate surface area is 131 Å². The van der Waals surface area contributed by atoms with E-state index in [0.717, 1.165) is 0 Å². The number of nitrogens with zero attached hydrogens (tertiary/aromatic N) is 3. The average Bonchev–Trinajstić information content (AvgIpc) is 2.47. The number of aromatic nitrogens is 3. The minimum absolute atomic E-state index is 0.227. The molecule has 1 aromatic carbocycles. The van der Waals surface area contributed by atoms with Gasteiger partial charge in [0.05, 0.1) is 31.2 Å². The second-order valence-corrected chi connectivity index (χ2v) is 4.42. The monoisotopic (exact) mass is 323 g/mol. The van der Waals surface area contributed by atoms with Crippen LogP contribution >= 0.6 is 11.6 Å². The molecule has 116 valence electrons. The summed E-state index contributed by atoms with van der Waals surface area (Å²) in [6.45, 7) is 2.34. The molecule has 2 rings (SSSR count). The maximum atomic E-state index is 11.0. The van der Waals surface area contributed by atoms with Gasteiger partial charge in [-0.15, -0.1) is 0 Å². The van der Waals surface area contributed by atoms with Crippen LogP contribution in [0.15, 0.2) is 28.2 Å². The van der Waals surface area contributed by atoms with Crippen LogP contribution in [0.1, 0.15) is 12.5 Å². The van der Waals surface area contributed by atoms with Gasteiger partial charge in [-0.1, -0.05) is 11.6 Å². The number of H-pyrrole nitrogens is 1. The molecule has 8 nitrogen and oxygen atoms in total. The van der Waals surface area contributed by atoms with Gasteiger partial charge in [-0.05, 0) is 24.6 Å². The van der Waals surface area contributed by atoms with E-state index in [-0.39, 0.29) is 5.82 Å². The van der Waals surface area contributed by atoms with Gasteiger partial charge in [0, 0.05) is 0 Å². The lowest BCUT2D eigenvalue weighted by Gasteiger charge is -2.11. The predicted octanol–water partition coefficient (Wildman–Crippen LogP) is 1.67. The zero-order valence-electron chi connectivity index (χ0n) is 12.0. The molecule has 0 radical (unpaired) electrons. The van der Waals surface area contributed by atoms with Gasteiger partial charge in [0.2, 0.25) is 0 Å². The first-order chi connectivity index (χ1) is 10.6. The summed E-state index contributed by atoms with van der Waals surface area (Å²) in [7, 11) is 1.52. The van der Waals surface area contributed by atoms with Crippen molar-refractivity contribution in [3.05, 3.63) is 39.4 Å². The molecule has 0 aliphatic rings. The van der Waals surface area contributed by atoms with Gasteiger partial charge in [-0.25, -0.2) is 9.89 Å². The van der Waals surface area contributed by atoms with Gasteiger partial charge in [0.25, 0.3) is 0 Å². The van der Waals surface area contributed by atoms with Crippen molar-refractivity contribution < 1.29 is 9.47 Å². The van der Waals surface area contributed by atoms with E-state index in [9.17, 15) is 4.79 Å². The summed E-state index contributed by atoms with van der Waals surface area (Å²) in [6.07, 6.45) is 2.85. The summed E-state index contributed by atoms with van der Waals surface area (Å²) < 4.78 is 10.7. The summed E-state index contributed by atoms with van der Waals surface area (Å²) in [5.41, 5.74) is 2.72. The van der Waals surface area contributed by atoms with Crippen LogP contribution in [0, 0.1) is 0 Å². The minimum Gasteiger partial charge on any atom is -0.491 e. The van der Waals surface area contributed by atoms with Crippen LogP contribution < -0.4 is 20.6 Å². The molecule has 0 spiro atoms. The molecule has 1 aromatic heterocycles. The maximum Gasteiger partial charge on any atom is 0.363 e. The number of ether oxygens (including phenoxy) is 2. The summed E-state index contributed by atoms with van der Waals surface area (Å²) in [4.78, 5) is 14.6. The molecule has 2 aromatic rings. The molecule has 22 heavy (non-hydrogen) atoms. The number of methoxy groups -OCH3 is 1. The Morgan fingerprint density at radius 1 is 1.50 bits per heavy atom. The lowest BCUT2D eigenvalue weighted by molar-refractivity contribution is 0.311. The average molecular weight is 324 g/mol. The van der Waals surface area contributed by atoms with Gasteiger partial charge in [0.15, 0.2) is 17.3 Å². The van der Waals surface area contributed by atoms with Crippen molar-refractivity contribution >= 4 is 23.6 Å². The van der Waals surface area contributed by atoms with Crippen LogP contribution in [0.4, 0.5) is 5.82 Å². The number of benzene rings is 1. The zero-order chi connectivity index (χ0) is 15.9. The lowest BCUT2D eigenvalue weighted by Crippen LogP contribution is -2.13. The summed E-state index contributed by atoms with van der Waals surface area (Å²) in [5.74, 6) is 1.22. The number of halogens is 1. The third-order valence-electron chi connectivity index (χ3n) is 2.50. The van der Waals surface area contributed by atoms with Crippen LogP contribution in [0.2, 0.25) is 5.02 Å². The van der Waals surface area contributed by atoms with Crippen LogP contribution in [0.25, 0.3) is 0 Å². The van der Waals surface area contributed by atoms with Crippen molar-refractivity contribution in [2.45, 2.75) is 6.92 Å². The highest BCUT2D eigenvalue weighted by molar-refractivity contribution is 6.32. The quantitative estimate of drug-likeness (QED) is 0.619. The van der Waals surface area contributed by atoms with Crippen molar-refractivity contribution in [3.63, 3.8) is 0 Å². The van der Waals surface area contributed by atoms with Crippen molar-refractivity contribution in [2.75, 3.05) is 19.1 Å².